The fourth-order valence-electron chi connectivity index (χ4n) is 2.57. The van der Waals surface area contributed by atoms with Crippen LogP contribution in [0.4, 0.5) is 0 Å². The zero-order valence-electron chi connectivity index (χ0n) is 10.6. The van der Waals surface area contributed by atoms with E-state index in [-0.39, 0.29) is 0 Å². The van der Waals surface area contributed by atoms with Crippen molar-refractivity contribution in [3.63, 3.8) is 0 Å². The van der Waals surface area contributed by atoms with Crippen molar-refractivity contribution in [3.05, 3.63) is 23.8 Å². The average Bonchev–Trinajstić information content (AvgIpc) is 2.73. The molecule has 3 rings (SSSR count). The third-order valence-electron chi connectivity index (χ3n) is 3.63. The molecule has 1 aliphatic rings. The molecule has 1 saturated carbocycles. The van der Waals surface area contributed by atoms with Crippen LogP contribution in [0.2, 0.25) is 0 Å². The smallest absolute Gasteiger partial charge is 0.166 e. The van der Waals surface area contributed by atoms with Gasteiger partial charge in [0.05, 0.1) is 11.0 Å². The molecule has 1 fully saturated rings. The van der Waals surface area contributed by atoms with Crippen LogP contribution < -0.4 is 5.73 Å². The number of aryl methyl sites for hydroxylation is 1. The second-order valence-corrected chi connectivity index (χ2v) is 6.40. The quantitative estimate of drug-likeness (QED) is 0.872. The van der Waals surface area contributed by atoms with E-state index in [9.17, 15) is 0 Å². The second kappa shape index (κ2) is 4.94. The van der Waals surface area contributed by atoms with Crippen molar-refractivity contribution in [2.45, 2.75) is 49.1 Å². The van der Waals surface area contributed by atoms with Crippen LogP contribution in [-0.4, -0.2) is 21.3 Å². The topological polar surface area (TPSA) is 54.7 Å². The third-order valence-corrected chi connectivity index (χ3v) is 4.94. The van der Waals surface area contributed by atoms with Crippen LogP contribution in [0.15, 0.2) is 23.4 Å². The number of thioether (sulfide) groups is 1. The predicted octanol–water partition coefficient (Wildman–Crippen LogP) is 3.23. The Balaban J connectivity index is 1.81. The normalized spacial score (nSPS) is 24.6. The molecular weight excluding hydrogens is 242 g/mol. The molecule has 0 spiro atoms. The summed E-state index contributed by atoms with van der Waals surface area (Å²) in [5, 5.41) is 1.53. The number of rotatable bonds is 2. The van der Waals surface area contributed by atoms with Crippen molar-refractivity contribution in [2.75, 3.05) is 0 Å². The lowest BCUT2D eigenvalue weighted by Gasteiger charge is -2.26. The number of H-pyrrole nitrogens is 1. The van der Waals surface area contributed by atoms with Crippen molar-refractivity contribution in [3.8, 4) is 0 Å². The van der Waals surface area contributed by atoms with Gasteiger partial charge in [-0.15, -0.1) is 0 Å². The summed E-state index contributed by atoms with van der Waals surface area (Å²) in [4.78, 5) is 8.03. The monoisotopic (exact) mass is 261 g/mol. The van der Waals surface area contributed by atoms with Gasteiger partial charge in [-0.1, -0.05) is 30.7 Å². The zero-order chi connectivity index (χ0) is 12.5. The van der Waals surface area contributed by atoms with E-state index < -0.39 is 0 Å². The number of hydrogen-bond acceptors (Lipinski definition) is 3. The molecule has 2 atom stereocenters. The molecular formula is C14H19N3S. The SMILES string of the molecule is Cc1ccc2nc(SC3CCCCC3N)[nH]c2c1. The number of nitrogens with one attached hydrogen (secondary N) is 1. The standard InChI is InChI=1S/C14H19N3S/c1-9-6-7-11-12(8-9)17-14(16-11)18-13-5-3-2-4-10(13)15/h6-8,10,13H,2-5,15H2,1H3,(H,16,17). The van der Waals surface area contributed by atoms with E-state index in [1.54, 1.807) is 0 Å². The van der Waals surface area contributed by atoms with E-state index >= 15 is 0 Å². The molecule has 1 aromatic heterocycles. The van der Waals surface area contributed by atoms with Crippen LogP contribution in [0.25, 0.3) is 11.0 Å². The summed E-state index contributed by atoms with van der Waals surface area (Å²) in [6.07, 6.45) is 4.93. The van der Waals surface area contributed by atoms with Crippen LogP contribution in [0, 0.1) is 6.92 Å². The maximum absolute atomic E-state index is 6.18. The lowest BCUT2D eigenvalue weighted by atomic mass is 9.96. The van der Waals surface area contributed by atoms with Gasteiger partial charge in [-0.05, 0) is 37.5 Å². The molecule has 3 N–H and O–H groups in total. The molecule has 2 aromatic rings. The summed E-state index contributed by atoms with van der Waals surface area (Å²) in [6, 6.07) is 6.64. The Morgan fingerprint density at radius 2 is 2.17 bits per heavy atom. The number of benzene rings is 1. The molecule has 1 heterocycles. The largest absolute Gasteiger partial charge is 0.333 e. The van der Waals surface area contributed by atoms with E-state index in [0.29, 0.717) is 11.3 Å². The maximum Gasteiger partial charge on any atom is 0.166 e. The molecule has 3 nitrogen and oxygen atoms in total. The fraction of sp³-hybridized carbons (Fsp3) is 0.500. The first kappa shape index (κ1) is 12.1. The number of nitrogens with two attached hydrogens (primary N) is 1. The van der Waals surface area contributed by atoms with Gasteiger partial charge in [0, 0.05) is 11.3 Å². The number of hydrogen-bond donors (Lipinski definition) is 2. The molecule has 0 radical (unpaired) electrons. The highest BCUT2D eigenvalue weighted by atomic mass is 32.2. The summed E-state index contributed by atoms with van der Waals surface area (Å²) in [6.45, 7) is 2.10. The molecule has 0 aliphatic heterocycles. The minimum Gasteiger partial charge on any atom is -0.333 e. The Bertz CT molecular complexity index is 549. The van der Waals surface area contributed by atoms with Crippen molar-refractivity contribution >= 4 is 22.8 Å². The summed E-state index contributed by atoms with van der Waals surface area (Å²) in [5.41, 5.74) is 9.62. The van der Waals surface area contributed by atoms with E-state index in [1.165, 1.54) is 24.8 Å². The van der Waals surface area contributed by atoms with E-state index in [1.807, 2.05) is 11.8 Å². The van der Waals surface area contributed by atoms with E-state index in [2.05, 4.69) is 35.1 Å². The number of aromatic amines is 1. The fourth-order valence-corrected chi connectivity index (χ4v) is 3.77. The van der Waals surface area contributed by atoms with Gasteiger partial charge >= 0.3 is 0 Å². The van der Waals surface area contributed by atoms with Gasteiger partial charge in [0.2, 0.25) is 0 Å². The molecule has 0 amide bonds. The van der Waals surface area contributed by atoms with Crippen molar-refractivity contribution in [1.82, 2.24) is 9.97 Å². The molecule has 1 aliphatic carbocycles. The van der Waals surface area contributed by atoms with Crippen LogP contribution in [-0.2, 0) is 0 Å². The first-order valence-electron chi connectivity index (χ1n) is 6.61. The average molecular weight is 261 g/mol. The number of nitrogens with zero attached hydrogens (tertiary/aromatic N) is 1. The summed E-state index contributed by atoms with van der Waals surface area (Å²) < 4.78 is 0. The Kier molecular flexibility index (Phi) is 3.31. The number of imidazole rings is 1. The van der Waals surface area contributed by atoms with Crippen molar-refractivity contribution in [1.29, 1.82) is 0 Å². The summed E-state index contributed by atoms with van der Waals surface area (Å²) in [5.74, 6) is 0. The Labute approximate surface area is 112 Å². The van der Waals surface area contributed by atoms with Crippen LogP contribution in [0.3, 0.4) is 0 Å². The Morgan fingerprint density at radius 1 is 1.33 bits per heavy atom. The molecule has 0 bridgehead atoms. The Hall–Kier alpha value is -1.00. The minimum absolute atomic E-state index is 0.318. The molecule has 4 heteroatoms. The molecule has 0 saturated heterocycles. The highest BCUT2D eigenvalue weighted by Crippen LogP contribution is 2.32. The molecule has 1 aromatic carbocycles. The van der Waals surface area contributed by atoms with E-state index in [4.69, 9.17) is 5.73 Å². The van der Waals surface area contributed by atoms with Crippen molar-refractivity contribution < 1.29 is 0 Å². The van der Waals surface area contributed by atoms with Gasteiger partial charge in [0.1, 0.15) is 0 Å². The van der Waals surface area contributed by atoms with Crippen LogP contribution in [0.1, 0.15) is 31.2 Å². The highest BCUT2D eigenvalue weighted by Gasteiger charge is 2.23. The van der Waals surface area contributed by atoms with Gasteiger partial charge in [-0.3, -0.25) is 0 Å². The van der Waals surface area contributed by atoms with Gasteiger partial charge in [-0.2, -0.15) is 0 Å². The minimum atomic E-state index is 0.318. The first-order valence-corrected chi connectivity index (χ1v) is 7.49. The van der Waals surface area contributed by atoms with Crippen LogP contribution >= 0.6 is 11.8 Å². The van der Waals surface area contributed by atoms with Crippen molar-refractivity contribution in [2.24, 2.45) is 5.73 Å². The zero-order valence-corrected chi connectivity index (χ0v) is 11.5. The van der Waals surface area contributed by atoms with E-state index in [0.717, 1.165) is 22.6 Å². The second-order valence-electron chi connectivity index (χ2n) is 5.17. The maximum atomic E-state index is 6.18. The summed E-state index contributed by atoms with van der Waals surface area (Å²) in [7, 11) is 0. The highest BCUT2D eigenvalue weighted by molar-refractivity contribution is 7.99. The van der Waals surface area contributed by atoms with Gasteiger partial charge in [0.15, 0.2) is 5.16 Å². The lowest BCUT2D eigenvalue weighted by molar-refractivity contribution is 0.453. The molecule has 2 unspecified atom stereocenters. The third kappa shape index (κ3) is 2.40. The number of aromatic nitrogens is 2. The Morgan fingerprint density at radius 3 is 3.00 bits per heavy atom. The number of fused-ring (bicyclic) bond motifs is 1. The first-order chi connectivity index (χ1) is 8.72. The van der Waals surface area contributed by atoms with Crippen LogP contribution in [0.5, 0.6) is 0 Å². The molecule has 18 heavy (non-hydrogen) atoms. The van der Waals surface area contributed by atoms with Gasteiger partial charge in [0.25, 0.3) is 0 Å². The lowest BCUT2D eigenvalue weighted by Crippen LogP contribution is -2.35. The van der Waals surface area contributed by atoms with Gasteiger partial charge in [-0.25, -0.2) is 4.98 Å². The predicted molar refractivity (Wildman–Crippen MR) is 76.9 cm³/mol. The summed E-state index contributed by atoms with van der Waals surface area (Å²) >= 11 is 1.81. The molecule has 96 valence electrons. The van der Waals surface area contributed by atoms with Gasteiger partial charge < -0.3 is 10.7 Å².